The van der Waals surface area contributed by atoms with Crippen LogP contribution in [0.5, 0.6) is 17.2 Å². The van der Waals surface area contributed by atoms with Crippen molar-refractivity contribution in [1.82, 2.24) is 24.1 Å². The molecule has 3 heterocycles. The van der Waals surface area contributed by atoms with Gasteiger partial charge in [-0.3, -0.25) is 9.97 Å². The smallest absolute Gasteiger partial charge is 2.00 e. The van der Waals surface area contributed by atoms with Gasteiger partial charge in [-0.25, -0.2) is 4.98 Å². The monoisotopic (exact) mass is 879 g/mol. The Morgan fingerprint density at radius 1 is 0.667 bits per heavy atom. The van der Waals surface area contributed by atoms with Crippen molar-refractivity contribution in [2.75, 3.05) is 0 Å². The van der Waals surface area contributed by atoms with Crippen LogP contribution < -0.4 is 4.74 Å². The van der Waals surface area contributed by atoms with E-state index in [4.69, 9.17) is 9.84 Å². The number of aryl methyl sites for hydroxylation is 2. The minimum Gasteiger partial charge on any atom is 2.00 e. The normalized spacial score (nSPS) is 10.2. The second kappa shape index (κ2) is 20.5. The number of aromatic nitrogens is 5. The minimum atomic E-state index is 0. The number of nitrogens with zero attached hydrogens (tertiary/aromatic N) is 5. The van der Waals surface area contributed by atoms with E-state index in [0.29, 0.717) is 17.2 Å². The molecule has 0 aliphatic rings. The topological polar surface area (TPSA) is 78.0 Å². The van der Waals surface area contributed by atoms with Crippen LogP contribution >= 0.6 is 9.53 Å². The van der Waals surface area contributed by atoms with Crippen LogP contribution in [0.1, 0.15) is 26.3 Å². The first-order chi connectivity index (χ1) is 24.2. The van der Waals surface area contributed by atoms with Crippen molar-refractivity contribution >= 4 is 9.53 Å². The third-order valence-corrected chi connectivity index (χ3v) is 7.25. The van der Waals surface area contributed by atoms with Gasteiger partial charge in [0.15, 0.2) is 5.82 Å². The maximum atomic E-state index is 9.02. The quantitative estimate of drug-likeness (QED) is 0.138. The molecule has 0 aliphatic carbocycles. The first-order valence-corrected chi connectivity index (χ1v) is 17.7. The molecule has 3 aromatic heterocycles. The van der Waals surface area contributed by atoms with E-state index < -0.39 is 0 Å². The van der Waals surface area contributed by atoms with Crippen molar-refractivity contribution < 1.29 is 48.4 Å². The summed E-state index contributed by atoms with van der Waals surface area (Å²) in [5, 5.41) is 9.02. The Kier molecular flexibility index (Phi) is 16.5. The number of ether oxygens (including phenoxy) is 1. The molecule has 4 aromatic carbocycles. The number of phenolic OH excluding ortho intramolecular Hbond substituents is 1. The van der Waals surface area contributed by atoms with Gasteiger partial charge in [-0.1, -0.05) is 51.1 Å². The van der Waals surface area contributed by atoms with Crippen LogP contribution in [0, 0.1) is 18.2 Å². The molecule has 10 heteroatoms. The number of hydrogen-bond donors (Lipinski definition) is 1. The van der Waals surface area contributed by atoms with Crippen LogP contribution in [0.25, 0.3) is 34.2 Å². The van der Waals surface area contributed by atoms with Gasteiger partial charge in [0.05, 0.1) is 11.5 Å². The molecule has 7 rings (SSSR count). The molecular formula is C41H38ClN5O2Pd2. The Balaban J connectivity index is 0.000000206. The summed E-state index contributed by atoms with van der Waals surface area (Å²) in [5.74, 6) is 3.40. The summed E-state index contributed by atoms with van der Waals surface area (Å²) in [5.41, 5.74) is 5.10. The van der Waals surface area contributed by atoms with E-state index in [0.717, 1.165) is 34.2 Å². The van der Waals surface area contributed by atoms with Crippen molar-refractivity contribution in [3.05, 3.63) is 158 Å². The number of imidazole rings is 2. The molecule has 266 valence electrons. The number of benzene rings is 4. The molecule has 0 amide bonds. The van der Waals surface area contributed by atoms with Crippen LogP contribution in [0.4, 0.5) is 0 Å². The fourth-order valence-electron chi connectivity index (χ4n) is 4.66. The van der Waals surface area contributed by atoms with E-state index in [1.165, 1.54) is 5.56 Å². The molecule has 0 saturated heterocycles. The van der Waals surface area contributed by atoms with Gasteiger partial charge < -0.3 is 19.0 Å². The molecule has 0 fully saturated rings. The number of hydrogen-bond acceptors (Lipinski definition) is 5. The molecule has 0 bridgehead atoms. The summed E-state index contributed by atoms with van der Waals surface area (Å²) >= 11 is 2.22. The number of para-hydroxylation sites is 1. The summed E-state index contributed by atoms with van der Waals surface area (Å²) < 4.78 is 9.62. The van der Waals surface area contributed by atoms with Gasteiger partial charge in [-0.15, -0.1) is 71.8 Å². The minimum absolute atomic E-state index is 0. The number of pyridine rings is 1. The van der Waals surface area contributed by atoms with Gasteiger partial charge in [0.2, 0.25) is 0 Å². The van der Waals surface area contributed by atoms with Crippen molar-refractivity contribution in [3.8, 4) is 51.4 Å². The third-order valence-electron chi connectivity index (χ3n) is 7.25. The molecule has 1 N–H and O–H groups in total. The standard InChI is InChI=1S/C16H12N2O.C15H12N3.C10H14O.ClH.2Pd/c1-18-11-10-17-16(18)13-6-5-9-15(12-13)19-14-7-3-2-4-8-14;1-18-11-10-16-15(18)14-9-5-8-13(17-14)12-6-3-2-4-7-12;1-10(2,3)8-4-6-9(11)7-5-8;;;/h2-7,9-11H,1H3;2-6,8-11H,1H3;4-7,11H,1-3H3;1H;;/q-2;-1;;;2*+2/p-1. The Hall–Kier alpha value is -4.34. The zero-order valence-electron chi connectivity index (χ0n) is 28.8. The van der Waals surface area contributed by atoms with Crippen LogP contribution in [-0.2, 0) is 58.1 Å². The number of halogens is 1. The van der Waals surface area contributed by atoms with Gasteiger partial charge in [-0.2, -0.15) is 18.2 Å². The third kappa shape index (κ3) is 12.4. The van der Waals surface area contributed by atoms with Gasteiger partial charge >= 0.3 is 48.1 Å². The van der Waals surface area contributed by atoms with Crippen LogP contribution in [0.2, 0.25) is 0 Å². The first-order valence-electron chi connectivity index (χ1n) is 15.7. The second-order valence-corrected chi connectivity index (χ2v) is 12.0. The molecule has 7 nitrogen and oxygen atoms in total. The average molecular weight is 881 g/mol. The van der Waals surface area contributed by atoms with E-state index >= 15 is 0 Å². The molecule has 0 unspecified atom stereocenters. The zero-order valence-corrected chi connectivity index (χ0v) is 32.7. The summed E-state index contributed by atoms with van der Waals surface area (Å²) in [6, 6.07) is 43.8. The molecule has 0 radical (unpaired) electrons. The number of phenols is 1. The van der Waals surface area contributed by atoms with Crippen molar-refractivity contribution in [2.45, 2.75) is 26.2 Å². The van der Waals surface area contributed by atoms with E-state index in [9.17, 15) is 0 Å². The van der Waals surface area contributed by atoms with Crippen molar-refractivity contribution in [3.63, 3.8) is 0 Å². The van der Waals surface area contributed by atoms with E-state index in [1.54, 1.807) is 24.5 Å². The van der Waals surface area contributed by atoms with Gasteiger partial charge in [0.1, 0.15) is 5.75 Å². The SMILES string of the molecule is CC(C)(C)c1ccc(O)cc1.Cn1ccnc1-c1[c-]c(Oc2[c-]cccc2)ccc1.Cn1ccnc1-c1cccc(-c2[c-]cccc2)n1.[Cl][Pd+].[Pd+2]. The van der Waals surface area contributed by atoms with E-state index in [2.05, 4.69) is 81.6 Å². The Morgan fingerprint density at radius 3 is 1.80 bits per heavy atom. The van der Waals surface area contributed by atoms with Crippen molar-refractivity contribution in [1.29, 1.82) is 0 Å². The predicted octanol–water partition coefficient (Wildman–Crippen LogP) is 9.80. The maximum Gasteiger partial charge on any atom is 2.00 e. The first kappa shape index (κ1) is 41.1. The average Bonchev–Trinajstić information content (AvgIpc) is 3.78. The predicted molar refractivity (Wildman–Crippen MR) is 196 cm³/mol. The molecule has 0 atom stereocenters. The Bertz CT molecular complexity index is 2030. The second-order valence-electron chi connectivity index (χ2n) is 12.0. The van der Waals surface area contributed by atoms with Crippen LogP contribution in [0.15, 0.2) is 134 Å². The summed E-state index contributed by atoms with van der Waals surface area (Å²) in [7, 11) is 8.41. The molecule has 51 heavy (non-hydrogen) atoms. The van der Waals surface area contributed by atoms with Gasteiger partial charge in [0, 0.05) is 50.4 Å². The molecule has 0 saturated carbocycles. The molecule has 0 spiro atoms. The van der Waals surface area contributed by atoms with Gasteiger partial charge in [0.25, 0.3) is 0 Å². The summed E-state index contributed by atoms with van der Waals surface area (Å²) in [6.45, 7) is 6.46. The maximum absolute atomic E-state index is 9.02. The fourth-order valence-corrected chi connectivity index (χ4v) is 4.66. The largest absolute Gasteiger partial charge is 2.00 e. The fraction of sp³-hybridized carbons (Fsp3) is 0.146. The number of rotatable bonds is 5. The van der Waals surface area contributed by atoms with Crippen molar-refractivity contribution in [2.24, 2.45) is 14.1 Å². The van der Waals surface area contributed by atoms with E-state index in [1.807, 2.05) is 133 Å². The molecular weight excluding hydrogens is 843 g/mol. The van der Waals surface area contributed by atoms with E-state index in [-0.39, 0.29) is 25.8 Å². The van der Waals surface area contributed by atoms with Gasteiger partial charge in [-0.05, 0) is 34.9 Å². The summed E-state index contributed by atoms with van der Waals surface area (Å²) in [6.07, 6.45) is 7.36. The Morgan fingerprint density at radius 2 is 1.24 bits per heavy atom. The Labute approximate surface area is 329 Å². The summed E-state index contributed by atoms with van der Waals surface area (Å²) in [4.78, 5) is 13.2. The number of aromatic hydroxyl groups is 1. The molecule has 7 aromatic rings. The molecule has 0 aliphatic heterocycles. The zero-order chi connectivity index (χ0) is 35.9. The van der Waals surface area contributed by atoms with Crippen LogP contribution in [-0.4, -0.2) is 29.2 Å². The van der Waals surface area contributed by atoms with Crippen LogP contribution in [0.3, 0.4) is 0 Å².